The number of benzene rings is 1. The molecule has 0 saturated carbocycles. The van der Waals surface area contributed by atoms with Gasteiger partial charge in [-0.2, -0.15) is 0 Å². The third-order valence-electron chi connectivity index (χ3n) is 9.83. The fraction of sp³-hybridized carbons (Fsp3) is 0.771. The first-order valence-electron chi connectivity index (χ1n) is 16.5. The SMILES string of the molecule is CC[C@H]1O[C@@H]([C@@H](COCc2ccc(OC)cc2)O[Si](C)(C)C(C)(C)C)[C@H](O)C/C=C\C[C@@H]1O[Si](C(C)C)(C(C)C)C(C)C. The number of hydrogen-bond acceptors (Lipinski definition) is 6. The minimum absolute atomic E-state index is 0.00258. The fourth-order valence-corrected chi connectivity index (χ4v) is 13.3. The lowest BCUT2D eigenvalue weighted by molar-refractivity contribution is -0.159. The van der Waals surface area contributed by atoms with Gasteiger partial charge < -0.3 is 28.2 Å². The Bertz CT molecular complexity index is 948. The Balaban J connectivity index is 2.43. The molecule has 1 aliphatic heterocycles. The lowest BCUT2D eigenvalue weighted by Crippen LogP contribution is -2.55. The van der Waals surface area contributed by atoms with Crippen molar-refractivity contribution in [2.45, 2.75) is 160 Å². The number of aliphatic hydroxyl groups excluding tert-OH is 1. The topological polar surface area (TPSA) is 66.4 Å². The van der Waals surface area contributed by atoms with E-state index in [1.165, 1.54) is 0 Å². The molecule has 43 heavy (non-hydrogen) atoms. The van der Waals surface area contributed by atoms with Crippen LogP contribution in [0.5, 0.6) is 5.75 Å². The maximum Gasteiger partial charge on any atom is 0.200 e. The number of hydrogen-bond donors (Lipinski definition) is 1. The summed E-state index contributed by atoms with van der Waals surface area (Å²) in [6.45, 7) is 28.1. The number of methoxy groups -OCH3 is 1. The van der Waals surface area contributed by atoms with Crippen molar-refractivity contribution >= 4 is 16.6 Å². The van der Waals surface area contributed by atoms with Crippen LogP contribution in [0.2, 0.25) is 34.8 Å². The molecule has 1 aliphatic rings. The van der Waals surface area contributed by atoms with Crippen LogP contribution < -0.4 is 4.74 Å². The zero-order valence-electron chi connectivity index (χ0n) is 29.6. The molecule has 0 unspecified atom stereocenters. The van der Waals surface area contributed by atoms with Crippen LogP contribution in [0.3, 0.4) is 0 Å². The highest BCUT2D eigenvalue weighted by molar-refractivity contribution is 6.77. The Hall–Kier alpha value is -1.01. The average molecular weight is 637 g/mol. The van der Waals surface area contributed by atoms with E-state index in [0.29, 0.717) is 36.3 Å². The summed E-state index contributed by atoms with van der Waals surface area (Å²) in [7, 11) is -2.72. The van der Waals surface area contributed by atoms with Gasteiger partial charge in [-0.25, -0.2) is 0 Å². The molecule has 6 nitrogen and oxygen atoms in total. The Morgan fingerprint density at radius 1 is 0.930 bits per heavy atom. The summed E-state index contributed by atoms with van der Waals surface area (Å²) in [5.41, 5.74) is 2.49. The van der Waals surface area contributed by atoms with Gasteiger partial charge >= 0.3 is 0 Å². The van der Waals surface area contributed by atoms with E-state index in [9.17, 15) is 5.11 Å². The highest BCUT2D eigenvalue weighted by atomic mass is 28.4. The third kappa shape index (κ3) is 9.99. The van der Waals surface area contributed by atoms with Crippen molar-refractivity contribution in [3.05, 3.63) is 42.0 Å². The molecular formula is C35H64O6Si2. The highest BCUT2D eigenvalue weighted by Crippen LogP contribution is 2.44. The summed E-state index contributed by atoms with van der Waals surface area (Å²) in [6.07, 6.45) is 4.43. The van der Waals surface area contributed by atoms with Crippen LogP contribution in [0.15, 0.2) is 36.4 Å². The second-order valence-corrected chi connectivity index (χ2v) is 25.0. The normalized spacial score (nSPS) is 24.1. The molecule has 0 saturated heterocycles. The van der Waals surface area contributed by atoms with Gasteiger partial charge in [-0.05, 0) is 71.7 Å². The van der Waals surface area contributed by atoms with Crippen LogP contribution in [-0.2, 0) is 24.9 Å². The molecule has 0 bridgehead atoms. The summed E-state index contributed by atoms with van der Waals surface area (Å²) < 4.78 is 33.0. The highest BCUT2D eigenvalue weighted by Gasteiger charge is 2.49. The third-order valence-corrected chi connectivity index (χ3v) is 20.5. The van der Waals surface area contributed by atoms with Crippen LogP contribution in [0.25, 0.3) is 0 Å². The lowest BCUT2D eigenvalue weighted by Gasteiger charge is -2.47. The van der Waals surface area contributed by atoms with Gasteiger partial charge in [0.2, 0.25) is 8.32 Å². The van der Waals surface area contributed by atoms with Crippen LogP contribution >= 0.6 is 0 Å². The predicted octanol–water partition coefficient (Wildman–Crippen LogP) is 9.04. The lowest BCUT2D eigenvalue weighted by atomic mass is 10.0. The van der Waals surface area contributed by atoms with Crippen LogP contribution in [0, 0.1) is 0 Å². The van der Waals surface area contributed by atoms with Gasteiger partial charge in [-0.1, -0.05) is 93.5 Å². The Morgan fingerprint density at radius 3 is 1.98 bits per heavy atom. The molecule has 8 heteroatoms. The molecule has 0 amide bonds. The molecule has 0 fully saturated rings. The Kier molecular flexibility index (Phi) is 14.7. The molecule has 1 aromatic rings. The van der Waals surface area contributed by atoms with Crippen LogP contribution in [0.4, 0.5) is 0 Å². The number of ether oxygens (including phenoxy) is 3. The Morgan fingerprint density at radius 2 is 1.49 bits per heavy atom. The van der Waals surface area contributed by atoms with Gasteiger partial charge in [0.25, 0.3) is 0 Å². The second-order valence-electron chi connectivity index (χ2n) is 14.8. The number of rotatable bonds is 14. The quantitative estimate of drug-likeness (QED) is 0.162. The van der Waals surface area contributed by atoms with Crippen LogP contribution in [0.1, 0.15) is 94.1 Å². The van der Waals surface area contributed by atoms with Crippen molar-refractivity contribution in [1.29, 1.82) is 0 Å². The smallest absolute Gasteiger partial charge is 0.200 e. The van der Waals surface area contributed by atoms with E-state index < -0.39 is 34.9 Å². The second kappa shape index (κ2) is 16.5. The van der Waals surface area contributed by atoms with E-state index in [2.05, 4.69) is 94.5 Å². The average Bonchev–Trinajstić information content (AvgIpc) is 2.99. The first-order chi connectivity index (χ1) is 20.0. The van der Waals surface area contributed by atoms with Crippen molar-refractivity contribution in [3.63, 3.8) is 0 Å². The van der Waals surface area contributed by atoms with Crippen molar-refractivity contribution < 1.29 is 28.2 Å². The number of aliphatic hydroxyl groups is 1. The first kappa shape index (κ1) is 38.2. The fourth-order valence-electron chi connectivity index (χ4n) is 6.39. The molecule has 1 N–H and O–H groups in total. The van der Waals surface area contributed by atoms with E-state index in [1.807, 2.05) is 24.3 Å². The van der Waals surface area contributed by atoms with Crippen molar-refractivity contribution in [1.82, 2.24) is 0 Å². The van der Waals surface area contributed by atoms with Crippen molar-refractivity contribution in [2.75, 3.05) is 13.7 Å². The molecular weight excluding hydrogens is 573 g/mol. The molecule has 1 heterocycles. The molecule has 0 spiro atoms. The summed E-state index contributed by atoms with van der Waals surface area (Å²) in [4.78, 5) is 0. The molecule has 248 valence electrons. The Labute approximate surface area is 266 Å². The molecule has 0 radical (unpaired) electrons. The monoisotopic (exact) mass is 636 g/mol. The maximum atomic E-state index is 11.6. The van der Waals surface area contributed by atoms with E-state index >= 15 is 0 Å². The van der Waals surface area contributed by atoms with E-state index in [1.54, 1.807) is 7.11 Å². The van der Waals surface area contributed by atoms with Gasteiger partial charge in [0.1, 0.15) is 11.9 Å². The van der Waals surface area contributed by atoms with E-state index in [4.69, 9.17) is 23.1 Å². The molecule has 5 atom stereocenters. The van der Waals surface area contributed by atoms with Crippen molar-refractivity contribution in [2.24, 2.45) is 0 Å². The standard InChI is InChI=1S/C35H64O6Si2/c1-14-31-32(41-43(25(2)3,26(4)5)27(6)7)18-16-15-17-30(36)34(39-31)33(40-42(12,13)35(8,9)10)24-38-23-28-19-21-29(37-11)22-20-28/h15-16,19-22,25-27,30-34,36H,14,17-18,23-24H2,1-13H3/b16-15-/t30-,31-,32+,33-,34-/m1/s1. The first-order valence-corrected chi connectivity index (χ1v) is 21.6. The summed E-state index contributed by atoms with van der Waals surface area (Å²) in [6, 6.07) is 7.92. The minimum Gasteiger partial charge on any atom is -0.497 e. The zero-order chi connectivity index (χ0) is 32.6. The van der Waals surface area contributed by atoms with Gasteiger partial charge in [0, 0.05) is 0 Å². The van der Waals surface area contributed by atoms with Gasteiger partial charge in [-0.15, -0.1) is 0 Å². The summed E-state index contributed by atoms with van der Waals surface area (Å²) in [5.74, 6) is 0.819. The van der Waals surface area contributed by atoms with E-state index in [-0.39, 0.29) is 17.2 Å². The van der Waals surface area contributed by atoms with Crippen molar-refractivity contribution in [3.8, 4) is 5.75 Å². The zero-order valence-corrected chi connectivity index (χ0v) is 31.6. The van der Waals surface area contributed by atoms with Gasteiger partial charge in [0.15, 0.2) is 8.32 Å². The van der Waals surface area contributed by atoms with Gasteiger partial charge in [-0.3, -0.25) is 0 Å². The summed E-state index contributed by atoms with van der Waals surface area (Å²) >= 11 is 0. The van der Waals surface area contributed by atoms with Crippen LogP contribution in [-0.4, -0.2) is 66.0 Å². The maximum absolute atomic E-state index is 11.6. The van der Waals surface area contributed by atoms with E-state index in [0.717, 1.165) is 24.2 Å². The van der Waals surface area contributed by atoms with Gasteiger partial charge in [0.05, 0.1) is 44.7 Å². The summed E-state index contributed by atoms with van der Waals surface area (Å²) in [5, 5.41) is 11.6. The molecule has 0 aliphatic carbocycles. The molecule has 0 aromatic heterocycles. The predicted molar refractivity (Wildman–Crippen MR) is 184 cm³/mol. The largest absolute Gasteiger partial charge is 0.497 e. The molecule has 1 aromatic carbocycles. The molecule has 2 rings (SSSR count). The minimum atomic E-state index is -2.23.